The minimum Gasteiger partial charge on any atom is -0.337 e. The van der Waals surface area contributed by atoms with Crippen LogP contribution in [0.2, 0.25) is 0 Å². The molecule has 1 aliphatic rings. The first-order chi connectivity index (χ1) is 13.7. The molecule has 0 radical (unpaired) electrons. The largest absolute Gasteiger partial charge is 0.337 e. The van der Waals surface area contributed by atoms with Gasteiger partial charge in [0.2, 0.25) is 0 Å². The highest BCUT2D eigenvalue weighted by Crippen LogP contribution is 2.41. The Bertz CT molecular complexity index is 1020. The number of carbonyl (C=O) groups excluding carboxylic acids is 1. The van der Waals surface area contributed by atoms with Crippen molar-refractivity contribution in [2.75, 3.05) is 4.90 Å². The number of benzene rings is 2. The second-order valence-electron chi connectivity index (χ2n) is 7.52. The van der Waals surface area contributed by atoms with E-state index in [9.17, 15) is 4.79 Å². The van der Waals surface area contributed by atoms with Crippen LogP contribution in [0.5, 0.6) is 0 Å². The summed E-state index contributed by atoms with van der Waals surface area (Å²) in [5.74, 6) is 0.196. The third kappa shape index (κ3) is 3.57. The van der Waals surface area contributed by atoms with E-state index in [1.54, 1.807) is 6.92 Å². The van der Waals surface area contributed by atoms with Crippen LogP contribution in [-0.4, -0.2) is 10.8 Å². The zero-order chi connectivity index (χ0) is 19.5. The van der Waals surface area contributed by atoms with E-state index in [1.165, 1.54) is 5.70 Å². The zero-order valence-corrected chi connectivity index (χ0v) is 16.6. The van der Waals surface area contributed by atoms with Gasteiger partial charge in [0.15, 0.2) is 0 Å². The number of aromatic nitrogens is 1. The van der Waals surface area contributed by atoms with Crippen molar-refractivity contribution < 1.29 is 4.79 Å². The smallest absolute Gasteiger partial charge is 0.132 e. The highest BCUT2D eigenvalue weighted by atomic mass is 16.1. The van der Waals surface area contributed by atoms with Gasteiger partial charge < -0.3 is 4.90 Å². The van der Waals surface area contributed by atoms with Gasteiger partial charge in [-0.3, -0.25) is 4.79 Å². The van der Waals surface area contributed by atoms with E-state index in [-0.39, 0.29) is 11.8 Å². The maximum absolute atomic E-state index is 12.2. The zero-order valence-electron chi connectivity index (χ0n) is 16.6. The molecular formula is C25H26N2O. The number of anilines is 1. The monoisotopic (exact) mass is 370 g/mol. The number of allylic oxidation sites excluding steroid dienone is 1. The molecule has 28 heavy (non-hydrogen) atoms. The summed E-state index contributed by atoms with van der Waals surface area (Å²) in [6.07, 6.45) is 5.93. The lowest BCUT2D eigenvalue weighted by molar-refractivity contribution is -0.117. The van der Waals surface area contributed by atoms with Crippen LogP contribution in [-0.2, 0) is 4.79 Å². The molecule has 3 heteroatoms. The molecule has 1 aliphatic heterocycles. The van der Waals surface area contributed by atoms with Crippen molar-refractivity contribution in [2.45, 2.75) is 45.6 Å². The van der Waals surface area contributed by atoms with Crippen LogP contribution in [0.4, 0.5) is 5.69 Å². The number of ketones is 1. The minimum atomic E-state index is -0.0242. The number of fused-ring (bicyclic) bond motifs is 2. The summed E-state index contributed by atoms with van der Waals surface area (Å²) in [5.41, 5.74) is 5.52. The SMILES string of the molecule is CCCCC1=Cc2nc3ccccc3cc2C(CC(C)=O)N1c1ccccc1. The molecule has 0 bridgehead atoms. The number of rotatable bonds is 6. The van der Waals surface area contributed by atoms with Gasteiger partial charge in [-0.1, -0.05) is 49.7 Å². The molecule has 142 valence electrons. The third-order valence-electron chi connectivity index (χ3n) is 5.37. The van der Waals surface area contributed by atoms with Gasteiger partial charge >= 0.3 is 0 Å². The topological polar surface area (TPSA) is 33.2 Å². The molecule has 3 nitrogen and oxygen atoms in total. The van der Waals surface area contributed by atoms with Crippen LogP contribution in [0.1, 0.15) is 56.8 Å². The first kappa shape index (κ1) is 18.4. The summed E-state index contributed by atoms with van der Waals surface area (Å²) in [5, 5.41) is 1.12. The molecule has 1 aromatic heterocycles. The Labute approximate surface area is 166 Å². The Hall–Kier alpha value is -2.94. The van der Waals surface area contributed by atoms with Crippen molar-refractivity contribution in [3.05, 3.63) is 77.6 Å². The molecule has 0 fully saturated rings. The van der Waals surface area contributed by atoms with Crippen molar-refractivity contribution in [1.82, 2.24) is 4.98 Å². The lowest BCUT2D eigenvalue weighted by Gasteiger charge is -2.39. The Morgan fingerprint density at radius 3 is 2.57 bits per heavy atom. The van der Waals surface area contributed by atoms with Crippen molar-refractivity contribution >= 4 is 28.4 Å². The van der Waals surface area contributed by atoms with Crippen molar-refractivity contribution in [2.24, 2.45) is 0 Å². The lowest BCUT2D eigenvalue weighted by atomic mass is 9.91. The molecule has 0 saturated heterocycles. The number of pyridine rings is 1. The number of carbonyl (C=O) groups is 1. The number of para-hydroxylation sites is 2. The highest BCUT2D eigenvalue weighted by Gasteiger charge is 2.31. The van der Waals surface area contributed by atoms with Gasteiger partial charge in [-0.2, -0.15) is 0 Å². The summed E-state index contributed by atoms with van der Waals surface area (Å²) < 4.78 is 0. The van der Waals surface area contributed by atoms with E-state index >= 15 is 0 Å². The Kier molecular flexibility index (Phi) is 5.25. The summed E-state index contributed by atoms with van der Waals surface area (Å²) in [7, 11) is 0. The Morgan fingerprint density at radius 2 is 1.82 bits per heavy atom. The van der Waals surface area contributed by atoms with E-state index in [2.05, 4.69) is 60.4 Å². The summed E-state index contributed by atoms with van der Waals surface area (Å²) in [6, 6.07) is 20.8. The second kappa shape index (κ2) is 7.97. The van der Waals surface area contributed by atoms with E-state index < -0.39 is 0 Å². The molecule has 3 aromatic rings. The maximum atomic E-state index is 12.2. The van der Waals surface area contributed by atoms with Gasteiger partial charge in [-0.25, -0.2) is 4.98 Å². The van der Waals surface area contributed by atoms with Gasteiger partial charge in [0, 0.05) is 28.8 Å². The highest BCUT2D eigenvalue weighted by molar-refractivity contribution is 5.84. The fourth-order valence-corrected chi connectivity index (χ4v) is 4.05. The number of nitrogens with zero attached hydrogens (tertiary/aromatic N) is 2. The molecule has 2 aromatic carbocycles. The molecule has 4 rings (SSSR count). The van der Waals surface area contributed by atoms with Gasteiger partial charge in [-0.05, 0) is 50.1 Å². The van der Waals surface area contributed by atoms with Crippen LogP contribution in [0.15, 0.2) is 66.4 Å². The van der Waals surface area contributed by atoms with Crippen molar-refractivity contribution in [3.8, 4) is 0 Å². The molecule has 0 N–H and O–H groups in total. The predicted octanol–water partition coefficient (Wildman–Crippen LogP) is 6.31. The Morgan fingerprint density at radius 1 is 1.07 bits per heavy atom. The average molecular weight is 370 g/mol. The lowest BCUT2D eigenvalue weighted by Crippen LogP contribution is -2.33. The van der Waals surface area contributed by atoms with Gasteiger partial charge in [0.05, 0.1) is 17.3 Å². The van der Waals surface area contributed by atoms with Crippen molar-refractivity contribution in [3.63, 3.8) is 0 Å². The normalized spacial score (nSPS) is 16.0. The van der Waals surface area contributed by atoms with E-state index in [0.717, 1.165) is 47.1 Å². The van der Waals surface area contributed by atoms with Crippen LogP contribution in [0.3, 0.4) is 0 Å². The molecule has 0 amide bonds. The molecule has 1 unspecified atom stereocenters. The number of hydrogen-bond donors (Lipinski definition) is 0. The van der Waals surface area contributed by atoms with Crippen LogP contribution >= 0.6 is 0 Å². The summed E-state index contributed by atoms with van der Waals surface area (Å²) in [6.45, 7) is 3.89. The van der Waals surface area contributed by atoms with E-state index in [1.807, 2.05) is 18.2 Å². The summed E-state index contributed by atoms with van der Waals surface area (Å²) >= 11 is 0. The Balaban J connectivity index is 1.91. The van der Waals surface area contributed by atoms with Crippen LogP contribution < -0.4 is 4.90 Å². The predicted molar refractivity (Wildman–Crippen MR) is 116 cm³/mol. The molecule has 0 aliphatic carbocycles. The fourth-order valence-electron chi connectivity index (χ4n) is 4.05. The minimum absolute atomic E-state index is 0.0242. The summed E-state index contributed by atoms with van der Waals surface area (Å²) in [4.78, 5) is 19.5. The first-order valence-corrected chi connectivity index (χ1v) is 10.1. The maximum Gasteiger partial charge on any atom is 0.132 e. The van der Waals surface area contributed by atoms with E-state index in [4.69, 9.17) is 4.98 Å². The second-order valence-corrected chi connectivity index (χ2v) is 7.52. The van der Waals surface area contributed by atoms with Gasteiger partial charge in [0.25, 0.3) is 0 Å². The van der Waals surface area contributed by atoms with Crippen molar-refractivity contribution in [1.29, 1.82) is 0 Å². The fraction of sp³-hybridized carbons (Fsp3) is 0.280. The number of hydrogen-bond acceptors (Lipinski definition) is 3. The van der Waals surface area contributed by atoms with Crippen LogP contribution in [0, 0.1) is 0 Å². The molecule has 1 atom stereocenters. The standard InChI is InChI=1S/C25H26N2O/c1-3-4-11-21-17-24-22(16-19-10-8-9-14-23(19)26-24)25(15-18(2)28)27(21)20-12-6-5-7-13-20/h5-10,12-14,16-17,25H,3-4,11,15H2,1-2H3. The molecule has 0 spiro atoms. The number of Topliss-reactive ketones (excluding diaryl/α,β-unsaturated/α-hetero) is 1. The number of unbranched alkanes of at least 4 members (excludes halogenated alkanes) is 1. The average Bonchev–Trinajstić information content (AvgIpc) is 2.71. The van der Waals surface area contributed by atoms with E-state index in [0.29, 0.717) is 6.42 Å². The van der Waals surface area contributed by atoms with Gasteiger partial charge in [-0.15, -0.1) is 0 Å². The first-order valence-electron chi connectivity index (χ1n) is 10.1. The molecular weight excluding hydrogens is 344 g/mol. The van der Waals surface area contributed by atoms with Gasteiger partial charge in [0.1, 0.15) is 5.78 Å². The quantitative estimate of drug-likeness (QED) is 0.510. The molecule has 2 heterocycles. The van der Waals surface area contributed by atoms with Crippen LogP contribution in [0.25, 0.3) is 17.0 Å². The molecule has 0 saturated carbocycles. The third-order valence-corrected chi connectivity index (χ3v) is 5.37.